The van der Waals surface area contributed by atoms with Crippen molar-refractivity contribution < 1.29 is 9.13 Å². The Morgan fingerprint density at radius 3 is 2.74 bits per heavy atom. The number of nitrogens with one attached hydrogen (secondary N) is 2. The maximum atomic E-state index is 13.5. The first-order valence-corrected chi connectivity index (χ1v) is 12.2. The average molecular weight is 499 g/mol. The maximum Gasteiger partial charge on any atom is 0.189 e. The predicted molar refractivity (Wildman–Crippen MR) is 135 cm³/mol. The van der Waals surface area contributed by atoms with Crippen LogP contribution in [0.2, 0.25) is 5.02 Å². The van der Waals surface area contributed by atoms with Gasteiger partial charge < -0.3 is 15.4 Å². The van der Waals surface area contributed by atoms with Crippen LogP contribution in [0.25, 0.3) is 10.3 Å². The molecule has 5 rings (SSSR count). The molecule has 0 amide bonds. The van der Waals surface area contributed by atoms with E-state index in [0.717, 1.165) is 42.9 Å². The third-order valence-electron chi connectivity index (χ3n) is 5.57. The molecule has 2 aromatic heterocycles. The van der Waals surface area contributed by atoms with E-state index in [4.69, 9.17) is 16.3 Å². The van der Waals surface area contributed by atoms with E-state index in [0.29, 0.717) is 28.4 Å². The molecule has 10 heteroatoms. The molecule has 4 aromatic rings. The molecule has 1 fully saturated rings. The van der Waals surface area contributed by atoms with Gasteiger partial charge in [0.1, 0.15) is 16.8 Å². The van der Waals surface area contributed by atoms with Gasteiger partial charge in [-0.05, 0) is 55.8 Å². The normalized spacial score (nSPS) is 15.8. The number of rotatable bonds is 8. The molecule has 0 saturated carbocycles. The van der Waals surface area contributed by atoms with Gasteiger partial charge in [-0.2, -0.15) is 4.98 Å². The smallest absolute Gasteiger partial charge is 0.189 e. The van der Waals surface area contributed by atoms with Crippen LogP contribution in [0.4, 0.5) is 26.7 Å². The highest BCUT2D eigenvalue weighted by atomic mass is 35.5. The molecule has 34 heavy (non-hydrogen) atoms. The fourth-order valence-electron chi connectivity index (χ4n) is 3.94. The highest BCUT2D eigenvalue weighted by Crippen LogP contribution is 2.33. The quantitative estimate of drug-likeness (QED) is 0.309. The summed E-state index contributed by atoms with van der Waals surface area (Å²) < 4.78 is 20.0. The predicted octanol–water partition coefficient (Wildman–Crippen LogP) is 5.98. The molecule has 1 saturated heterocycles. The first-order chi connectivity index (χ1) is 16.5. The molecule has 0 radical (unpaired) electrons. The number of nitrogens with zero attached hydrogens (tertiary/aromatic N) is 4. The van der Waals surface area contributed by atoms with E-state index >= 15 is 0 Å². The van der Waals surface area contributed by atoms with Gasteiger partial charge in [-0.25, -0.2) is 14.4 Å². The number of aromatic nitrogens is 3. The van der Waals surface area contributed by atoms with Crippen LogP contribution in [0.5, 0.6) is 0 Å². The lowest BCUT2D eigenvalue weighted by molar-refractivity contribution is 0.0793. The second kappa shape index (κ2) is 10.2. The van der Waals surface area contributed by atoms with Crippen LogP contribution in [-0.2, 0) is 11.3 Å². The number of likely N-dealkylation sites (N-methyl/N-ethyl adjacent to an activating group) is 1. The minimum Gasteiger partial charge on any atom is -0.377 e. The van der Waals surface area contributed by atoms with E-state index in [9.17, 15) is 4.39 Å². The Morgan fingerprint density at radius 2 is 1.97 bits per heavy atom. The lowest BCUT2D eigenvalue weighted by Crippen LogP contribution is -2.28. The molecule has 0 bridgehead atoms. The summed E-state index contributed by atoms with van der Waals surface area (Å²) in [4.78, 5) is 15.5. The Hall–Kier alpha value is -2.85. The molecular weight excluding hydrogens is 475 g/mol. The second-order valence-electron chi connectivity index (χ2n) is 8.30. The number of halogens is 2. The van der Waals surface area contributed by atoms with E-state index in [-0.39, 0.29) is 5.02 Å². The molecular formula is C24H24ClFN6OS. The molecule has 0 aliphatic carbocycles. The van der Waals surface area contributed by atoms with Crippen molar-refractivity contribution in [1.82, 2.24) is 19.9 Å². The summed E-state index contributed by atoms with van der Waals surface area (Å²) in [5.41, 5.74) is 3.39. The zero-order chi connectivity index (χ0) is 23.5. The summed E-state index contributed by atoms with van der Waals surface area (Å²) in [6, 6.07) is 12.8. The molecule has 176 valence electrons. The van der Waals surface area contributed by atoms with Gasteiger partial charge in [0.2, 0.25) is 0 Å². The number of thiazole rings is 1. The van der Waals surface area contributed by atoms with Crippen molar-refractivity contribution in [2.24, 2.45) is 0 Å². The summed E-state index contributed by atoms with van der Waals surface area (Å²) in [5.74, 6) is 0.118. The highest BCUT2D eigenvalue weighted by molar-refractivity contribution is 7.22. The average Bonchev–Trinajstić information content (AvgIpc) is 3.47. The van der Waals surface area contributed by atoms with Crippen LogP contribution in [0, 0.1) is 5.82 Å². The Balaban J connectivity index is 1.25. The zero-order valence-electron chi connectivity index (χ0n) is 18.6. The maximum absolute atomic E-state index is 13.5. The van der Waals surface area contributed by atoms with Crippen molar-refractivity contribution in [3.63, 3.8) is 0 Å². The number of hydrogen-bond acceptors (Lipinski definition) is 8. The zero-order valence-corrected chi connectivity index (χ0v) is 20.2. The molecule has 1 aliphatic rings. The number of fused-ring (bicyclic) bond motifs is 1. The van der Waals surface area contributed by atoms with E-state index in [1.165, 1.54) is 35.4 Å². The second-order valence-corrected chi connectivity index (χ2v) is 9.71. The molecule has 3 heterocycles. The topological polar surface area (TPSA) is 75.2 Å². The SMILES string of the molecule is CN(Cc1ccc(Nc2nc3ncnc(Nc4ccc(F)c(Cl)c4)c3s2)cc1)C[C@@H]1CCCO1. The largest absolute Gasteiger partial charge is 0.377 e. The van der Waals surface area contributed by atoms with Crippen molar-refractivity contribution >= 4 is 55.6 Å². The number of hydrogen-bond donors (Lipinski definition) is 2. The number of ether oxygens (including phenoxy) is 1. The van der Waals surface area contributed by atoms with Gasteiger partial charge >= 0.3 is 0 Å². The summed E-state index contributed by atoms with van der Waals surface area (Å²) >= 11 is 7.33. The van der Waals surface area contributed by atoms with E-state index in [1.54, 1.807) is 6.07 Å². The van der Waals surface area contributed by atoms with Crippen LogP contribution in [-0.4, -0.2) is 46.2 Å². The van der Waals surface area contributed by atoms with Gasteiger partial charge in [0.05, 0.1) is 11.1 Å². The van der Waals surface area contributed by atoms with Crippen molar-refractivity contribution in [2.75, 3.05) is 30.8 Å². The molecule has 0 unspecified atom stereocenters. The number of benzene rings is 2. The lowest BCUT2D eigenvalue weighted by atomic mass is 10.2. The minimum absolute atomic E-state index is 0.0449. The monoisotopic (exact) mass is 498 g/mol. The van der Waals surface area contributed by atoms with Crippen LogP contribution < -0.4 is 10.6 Å². The van der Waals surface area contributed by atoms with Gasteiger partial charge in [0.15, 0.2) is 16.6 Å². The van der Waals surface area contributed by atoms with Gasteiger partial charge in [0, 0.05) is 31.1 Å². The standard InChI is InChI=1S/C24H24ClFN6OS/c1-32(13-18-3-2-10-33-18)12-15-4-6-16(7-5-15)30-24-31-23-21(34-24)22(27-14-28-23)29-17-8-9-20(26)19(25)11-17/h4-9,11,14,18H,2-3,10,12-13H2,1H3,(H2,27,28,29,30,31)/t18-/m0/s1. The Labute approximate surface area is 206 Å². The fraction of sp³-hybridized carbons (Fsp3) is 0.292. The minimum atomic E-state index is -0.468. The van der Waals surface area contributed by atoms with E-state index in [1.807, 2.05) is 12.1 Å². The van der Waals surface area contributed by atoms with Crippen molar-refractivity contribution in [3.05, 3.63) is 65.2 Å². The molecule has 0 spiro atoms. The molecule has 1 atom stereocenters. The molecule has 2 N–H and O–H groups in total. The Kier molecular flexibility index (Phi) is 6.87. The van der Waals surface area contributed by atoms with Gasteiger partial charge in [0.25, 0.3) is 0 Å². The Bertz CT molecular complexity index is 1280. The summed E-state index contributed by atoms with van der Waals surface area (Å²) in [6.07, 6.45) is 4.11. The third-order valence-corrected chi connectivity index (χ3v) is 6.83. The summed E-state index contributed by atoms with van der Waals surface area (Å²) in [7, 11) is 2.13. The highest BCUT2D eigenvalue weighted by Gasteiger charge is 2.17. The van der Waals surface area contributed by atoms with Crippen LogP contribution in [0.15, 0.2) is 48.8 Å². The lowest BCUT2D eigenvalue weighted by Gasteiger charge is -2.20. The molecule has 2 aromatic carbocycles. The van der Waals surface area contributed by atoms with Gasteiger partial charge in [-0.15, -0.1) is 0 Å². The van der Waals surface area contributed by atoms with Crippen LogP contribution in [0.1, 0.15) is 18.4 Å². The van der Waals surface area contributed by atoms with Crippen LogP contribution in [0.3, 0.4) is 0 Å². The molecule has 1 aliphatic heterocycles. The third kappa shape index (κ3) is 5.44. The van der Waals surface area contributed by atoms with E-state index < -0.39 is 5.82 Å². The van der Waals surface area contributed by atoms with Crippen molar-refractivity contribution in [2.45, 2.75) is 25.5 Å². The van der Waals surface area contributed by atoms with Gasteiger partial charge in [-0.1, -0.05) is 35.1 Å². The Morgan fingerprint density at radius 1 is 1.15 bits per heavy atom. The molecule has 7 nitrogen and oxygen atoms in total. The van der Waals surface area contributed by atoms with Crippen molar-refractivity contribution in [1.29, 1.82) is 0 Å². The number of anilines is 4. The summed E-state index contributed by atoms with van der Waals surface area (Å²) in [5, 5.41) is 7.27. The van der Waals surface area contributed by atoms with Crippen molar-refractivity contribution in [3.8, 4) is 0 Å². The first kappa shape index (κ1) is 22.9. The fourth-order valence-corrected chi connectivity index (χ4v) is 5.00. The van der Waals surface area contributed by atoms with E-state index in [2.05, 4.69) is 49.7 Å². The first-order valence-electron chi connectivity index (χ1n) is 11.0. The van der Waals surface area contributed by atoms with Gasteiger partial charge in [-0.3, -0.25) is 4.90 Å². The van der Waals surface area contributed by atoms with Crippen LogP contribution >= 0.6 is 22.9 Å². The summed E-state index contributed by atoms with van der Waals surface area (Å²) in [6.45, 7) is 2.71.